The van der Waals surface area contributed by atoms with Gasteiger partial charge in [0.05, 0.1) is 26.2 Å². The van der Waals surface area contributed by atoms with Crippen LogP contribution >= 0.6 is 0 Å². The van der Waals surface area contributed by atoms with Gasteiger partial charge < -0.3 is 23.8 Å². The summed E-state index contributed by atoms with van der Waals surface area (Å²) in [5, 5.41) is 0. The van der Waals surface area contributed by atoms with E-state index in [0.717, 1.165) is 0 Å². The summed E-state index contributed by atoms with van der Waals surface area (Å²) >= 11 is 0. The molecular weight excluding hydrogens is 670 g/mol. The topological polar surface area (TPSA) is 138 Å². The molecule has 0 bridgehead atoms. The minimum Gasteiger partial charge on any atom is -0.459 e. The van der Waals surface area contributed by atoms with Crippen molar-refractivity contribution in [1.29, 1.82) is 0 Å². The van der Waals surface area contributed by atoms with Crippen molar-refractivity contribution in [2.75, 3.05) is 91.6 Å². The molecule has 14 nitrogen and oxygen atoms in total. The second-order valence-corrected chi connectivity index (χ2v) is 18.1. The Morgan fingerprint density at radius 1 is 0.462 bits per heavy atom. The molecule has 14 heteroatoms. The summed E-state index contributed by atoms with van der Waals surface area (Å²) in [5.74, 6) is -1.67. The second kappa shape index (κ2) is 20.6. The highest BCUT2D eigenvalue weighted by Crippen LogP contribution is 2.13. The van der Waals surface area contributed by atoms with Crippen molar-refractivity contribution in [1.82, 2.24) is 24.5 Å². The molecule has 1 aliphatic rings. The summed E-state index contributed by atoms with van der Waals surface area (Å²) in [6.07, 6.45) is 0. The third-order valence-electron chi connectivity index (χ3n) is 7.29. The van der Waals surface area contributed by atoms with Crippen LogP contribution in [0.2, 0.25) is 0 Å². The highest BCUT2D eigenvalue weighted by Gasteiger charge is 2.28. The zero-order chi connectivity index (χ0) is 40.1. The number of ether oxygens (including phenoxy) is 4. The lowest BCUT2D eigenvalue weighted by Gasteiger charge is -2.35. The van der Waals surface area contributed by atoms with Crippen molar-refractivity contribution in [2.24, 2.45) is 5.92 Å². The van der Waals surface area contributed by atoms with E-state index in [0.29, 0.717) is 58.9 Å². The monoisotopic (exact) mass is 742 g/mol. The molecule has 1 heterocycles. The number of nitrogens with zero attached hydrogens (tertiary/aromatic N) is 5. The standard InChI is InChI=1S/C38H71N5O9/c1-29(2)23-43(28-34(48)52-38(12,13)14)30(44)24-39-15-17-40(25-31(45)49-35(3,4)5)19-21-42(27-33(47)51-37(9,10)11)22-20-41(18-16-39)26-32(46)50-36(6,7)8/h29H,15-28H2,1-14H3. The molecule has 0 spiro atoms. The molecule has 302 valence electrons. The molecule has 1 aliphatic heterocycles. The fourth-order valence-corrected chi connectivity index (χ4v) is 5.40. The van der Waals surface area contributed by atoms with E-state index >= 15 is 0 Å². The maximum absolute atomic E-state index is 13.9. The minimum atomic E-state index is -0.682. The van der Waals surface area contributed by atoms with E-state index in [2.05, 4.69) is 0 Å². The first kappa shape index (κ1) is 47.2. The molecule has 0 atom stereocenters. The zero-order valence-electron chi connectivity index (χ0n) is 34.9. The Morgan fingerprint density at radius 3 is 0.962 bits per heavy atom. The van der Waals surface area contributed by atoms with Crippen LogP contribution in [0.1, 0.15) is 96.9 Å². The van der Waals surface area contributed by atoms with E-state index in [1.54, 1.807) is 25.7 Å². The van der Waals surface area contributed by atoms with Crippen LogP contribution < -0.4 is 0 Å². The highest BCUT2D eigenvalue weighted by molar-refractivity contribution is 5.83. The molecule has 0 radical (unpaired) electrons. The lowest BCUT2D eigenvalue weighted by Crippen LogP contribution is -2.51. The molecule has 0 saturated carbocycles. The third-order valence-corrected chi connectivity index (χ3v) is 7.29. The summed E-state index contributed by atoms with van der Waals surface area (Å²) in [6.45, 7) is 29.5. The number of amides is 1. The van der Waals surface area contributed by atoms with Gasteiger partial charge >= 0.3 is 23.9 Å². The van der Waals surface area contributed by atoms with Crippen molar-refractivity contribution in [3.63, 3.8) is 0 Å². The number of hydrogen-bond donors (Lipinski definition) is 0. The Labute approximate surface area is 313 Å². The zero-order valence-corrected chi connectivity index (χ0v) is 34.9. The first-order valence-electron chi connectivity index (χ1n) is 18.6. The lowest BCUT2D eigenvalue weighted by atomic mass is 10.2. The molecule has 0 aromatic carbocycles. The van der Waals surface area contributed by atoms with E-state index in [-0.39, 0.29) is 62.5 Å². The molecule has 0 unspecified atom stereocenters. The van der Waals surface area contributed by atoms with Crippen molar-refractivity contribution in [3.05, 3.63) is 0 Å². The van der Waals surface area contributed by atoms with Crippen LogP contribution in [0.4, 0.5) is 0 Å². The molecular formula is C38H71N5O9. The second-order valence-electron chi connectivity index (χ2n) is 18.1. The molecule has 1 saturated heterocycles. The van der Waals surface area contributed by atoms with Gasteiger partial charge in [-0.05, 0) is 89.0 Å². The largest absolute Gasteiger partial charge is 0.459 e. The van der Waals surface area contributed by atoms with Gasteiger partial charge in [-0.15, -0.1) is 0 Å². The predicted octanol–water partition coefficient (Wildman–Crippen LogP) is 3.06. The molecule has 52 heavy (non-hydrogen) atoms. The predicted molar refractivity (Wildman–Crippen MR) is 201 cm³/mol. The van der Waals surface area contributed by atoms with E-state index in [9.17, 15) is 24.0 Å². The first-order chi connectivity index (χ1) is 23.6. The lowest BCUT2D eigenvalue weighted by molar-refractivity contribution is -0.159. The summed E-state index contributed by atoms with van der Waals surface area (Å²) < 4.78 is 22.4. The van der Waals surface area contributed by atoms with Crippen LogP contribution in [-0.4, -0.2) is 168 Å². The number of carbonyl (C=O) groups excluding carboxylic acids is 5. The van der Waals surface area contributed by atoms with Crippen molar-refractivity contribution in [2.45, 2.75) is 119 Å². The van der Waals surface area contributed by atoms with Crippen LogP contribution in [0.5, 0.6) is 0 Å². The van der Waals surface area contributed by atoms with Crippen LogP contribution in [0.3, 0.4) is 0 Å². The van der Waals surface area contributed by atoms with Gasteiger partial charge in [-0.25, -0.2) is 0 Å². The van der Waals surface area contributed by atoms with Gasteiger partial charge in [0.15, 0.2) is 0 Å². The summed E-state index contributed by atoms with van der Waals surface area (Å²) in [7, 11) is 0. The van der Waals surface area contributed by atoms with E-state index in [1.807, 2.05) is 95.8 Å². The van der Waals surface area contributed by atoms with Crippen LogP contribution in [0.25, 0.3) is 0 Å². The van der Waals surface area contributed by atoms with Gasteiger partial charge in [-0.1, -0.05) is 13.8 Å². The van der Waals surface area contributed by atoms with Crippen molar-refractivity contribution >= 4 is 29.8 Å². The summed E-state index contributed by atoms with van der Waals surface area (Å²) in [6, 6.07) is 0. The number of rotatable bonds is 12. The van der Waals surface area contributed by atoms with Gasteiger partial charge in [-0.2, -0.15) is 0 Å². The average molecular weight is 742 g/mol. The van der Waals surface area contributed by atoms with E-state index < -0.39 is 28.4 Å². The highest BCUT2D eigenvalue weighted by atomic mass is 16.6. The molecule has 1 fully saturated rings. The maximum Gasteiger partial charge on any atom is 0.326 e. The Bertz CT molecular complexity index is 1120. The SMILES string of the molecule is CC(C)CN(CC(=O)OC(C)(C)C)C(=O)CN1CCN(CC(=O)OC(C)(C)C)CCN(CC(=O)OC(C)(C)C)CCN(CC(=O)OC(C)(C)C)CC1. The van der Waals surface area contributed by atoms with Gasteiger partial charge in [0, 0.05) is 58.9 Å². The molecule has 0 aromatic heterocycles. The average Bonchev–Trinajstić information content (AvgIpc) is 2.89. The number of esters is 4. The molecule has 0 N–H and O–H groups in total. The quantitative estimate of drug-likeness (QED) is 0.214. The smallest absolute Gasteiger partial charge is 0.326 e. The van der Waals surface area contributed by atoms with Crippen LogP contribution in [0.15, 0.2) is 0 Å². The Hall–Kier alpha value is -2.81. The van der Waals surface area contributed by atoms with Crippen LogP contribution in [-0.2, 0) is 42.9 Å². The van der Waals surface area contributed by atoms with Gasteiger partial charge in [0.1, 0.15) is 28.9 Å². The molecule has 1 rings (SSSR count). The van der Waals surface area contributed by atoms with Crippen LogP contribution in [0, 0.1) is 5.92 Å². The van der Waals surface area contributed by atoms with Gasteiger partial charge in [0.2, 0.25) is 5.91 Å². The maximum atomic E-state index is 13.9. The van der Waals surface area contributed by atoms with Crippen molar-refractivity contribution in [3.8, 4) is 0 Å². The molecule has 0 aliphatic carbocycles. The first-order valence-corrected chi connectivity index (χ1v) is 18.6. The molecule has 1 amide bonds. The normalized spacial score (nSPS) is 17.1. The van der Waals surface area contributed by atoms with Gasteiger partial charge in [-0.3, -0.25) is 43.6 Å². The Balaban J connectivity index is 3.40. The third kappa shape index (κ3) is 23.7. The van der Waals surface area contributed by atoms with E-state index in [4.69, 9.17) is 18.9 Å². The van der Waals surface area contributed by atoms with Gasteiger partial charge in [0.25, 0.3) is 0 Å². The fourth-order valence-electron chi connectivity index (χ4n) is 5.40. The van der Waals surface area contributed by atoms with Crippen molar-refractivity contribution < 1.29 is 42.9 Å². The Kier molecular flexibility index (Phi) is 18.7. The Morgan fingerprint density at radius 2 is 0.712 bits per heavy atom. The molecule has 0 aromatic rings. The minimum absolute atomic E-state index is 0.0286. The van der Waals surface area contributed by atoms with E-state index in [1.165, 1.54) is 0 Å². The summed E-state index contributed by atoms with van der Waals surface area (Å²) in [4.78, 5) is 75.0. The summed E-state index contributed by atoms with van der Waals surface area (Å²) in [5.41, 5.74) is -2.64. The number of carbonyl (C=O) groups is 5. The fraction of sp³-hybridized carbons (Fsp3) is 0.868. The number of hydrogen-bond acceptors (Lipinski definition) is 13.